The molecule has 1 saturated heterocycles. The summed E-state index contributed by atoms with van der Waals surface area (Å²) in [6, 6.07) is 5.62. The molecule has 3 aromatic rings. The lowest BCUT2D eigenvalue weighted by Crippen LogP contribution is -2.40. The molecule has 154 valence electrons. The molecule has 0 amide bonds. The number of aromatic nitrogens is 2. The van der Waals surface area contributed by atoms with E-state index in [1.54, 1.807) is 11.3 Å². The van der Waals surface area contributed by atoms with Gasteiger partial charge in [-0.2, -0.15) is 20.6 Å². The van der Waals surface area contributed by atoms with Crippen molar-refractivity contribution < 1.29 is 22.1 Å². The lowest BCUT2D eigenvalue weighted by Gasteiger charge is -2.31. The van der Waals surface area contributed by atoms with Crippen LogP contribution in [0, 0.1) is 11.7 Å². The molecule has 7 nitrogen and oxygen atoms in total. The van der Waals surface area contributed by atoms with Gasteiger partial charge in [0.1, 0.15) is 0 Å². The lowest BCUT2D eigenvalue weighted by molar-refractivity contribution is 0.247. The highest BCUT2D eigenvalue weighted by molar-refractivity contribution is 7.89. The predicted octanol–water partition coefficient (Wildman–Crippen LogP) is 3.59. The summed E-state index contributed by atoms with van der Waals surface area (Å²) in [6.45, 7) is 0.725. The van der Waals surface area contributed by atoms with Gasteiger partial charge >= 0.3 is 0 Å². The van der Waals surface area contributed by atoms with Gasteiger partial charge in [0.05, 0.1) is 12.0 Å². The van der Waals surface area contributed by atoms with Crippen molar-refractivity contribution >= 4 is 21.4 Å². The first-order chi connectivity index (χ1) is 14.0. The van der Waals surface area contributed by atoms with Crippen LogP contribution in [0.15, 0.2) is 44.4 Å². The average Bonchev–Trinajstić information content (AvgIpc) is 3.40. The molecule has 1 atom stereocenters. The molecule has 0 spiro atoms. The fourth-order valence-electron chi connectivity index (χ4n) is 3.46. The number of hydrogen-bond acceptors (Lipinski definition) is 7. The summed E-state index contributed by atoms with van der Waals surface area (Å²) in [7, 11) is -2.46. The predicted molar refractivity (Wildman–Crippen MR) is 106 cm³/mol. The third kappa shape index (κ3) is 4.19. The number of hydrogen-bond donors (Lipinski definition) is 0. The van der Waals surface area contributed by atoms with Crippen LogP contribution in [0.5, 0.6) is 5.75 Å². The molecule has 2 aromatic heterocycles. The minimum absolute atomic E-state index is 0.0123. The van der Waals surface area contributed by atoms with Crippen LogP contribution in [0.1, 0.15) is 18.7 Å². The molecule has 1 fully saturated rings. The highest BCUT2D eigenvalue weighted by Gasteiger charge is 2.31. The van der Waals surface area contributed by atoms with Crippen LogP contribution in [0.2, 0.25) is 0 Å². The van der Waals surface area contributed by atoms with Crippen molar-refractivity contribution in [3.8, 4) is 17.1 Å². The topological polar surface area (TPSA) is 85.5 Å². The zero-order valence-corrected chi connectivity index (χ0v) is 17.4. The van der Waals surface area contributed by atoms with E-state index >= 15 is 0 Å². The number of rotatable bonds is 6. The maximum atomic E-state index is 14.0. The third-order valence-electron chi connectivity index (χ3n) is 4.95. The standard InChI is InChI=1S/C19H20FN3O4S2/c1-26-17-5-4-15(10-16(17)20)29(24,25)23-7-2-3-13(11-23)9-18-21-19(22-27-18)14-6-8-28-12-14/h4-6,8,10,12-13H,2-3,7,9,11H2,1H3. The normalized spacial score (nSPS) is 18.1. The molecule has 1 aliphatic heterocycles. The summed E-state index contributed by atoms with van der Waals surface area (Å²) in [5, 5.41) is 7.88. The molecular weight excluding hydrogens is 417 g/mol. The average molecular weight is 438 g/mol. The van der Waals surface area contributed by atoms with Gasteiger partial charge in [-0.05, 0) is 48.4 Å². The van der Waals surface area contributed by atoms with Crippen molar-refractivity contribution in [2.45, 2.75) is 24.2 Å². The second-order valence-corrected chi connectivity index (χ2v) is 9.61. The highest BCUT2D eigenvalue weighted by atomic mass is 32.2. The maximum absolute atomic E-state index is 14.0. The van der Waals surface area contributed by atoms with E-state index in [0.717, 1.165) is 18.1 Å². The van der Waals surface area contributed by atoms with Crippen molar-refractivity contribution in [2.24, 2.45) is 5.92 Å². The Morgan fingerprint density at radius 2 is 2.24 bits per heavy atom. The SMILES string of the molecule is COc1ccc(S(=O)(=O)N2CCCC(Cc3nc(-c4ccsc4)no3)C2)cc1F. The number of sulfonamides is 1. The molecule has 0 aliphatic carbocycles. The number of piperidine rings is 1. The number of ether oxygens (including phenoxy) is 1. The van der Waals surface area contributed by atoms with E-state index in [0.29, 0.717) is 37.6 Å². The van der Waals surface area contributed by atoms with Crippen molar-refractivity contribution in [1.82, 2.24) is 14.4 Å². The van der Waals surface area contributed by atoms with Gasteiger partial charge in [0, 0.05) is 30.5 Å². The highest BCUT2D eigenvalue weighted by Crippen LogP contribution is 2.28. The molecule has 0 radical (unpaired) electrons. The first-order valence-electron chi connectivity index (χ1n) is 9.16. The summed E-state index contributed by atoms with van der Waals surface area (Å²) in [4.78, 5) is 4.35. The van der Waals surface area contributed by atoms with E-state index in [9.17, 15) is 12.8 Å². The Labute approximate surface area is 172 Å². The fourth-order valence-corrected chi connectivity index (χ4v) is 5.66. The van der Waals surface area contributed by atoms with Crippen LogP contribution in [-0.2, 0) is 16.4 Å². The zero-order chi connectivity index (χ0) is 20.4. The van der Waals surface area contributed by atoms with Gasteiger partial charge in [-0.3, -0.25) is 0 Å². The Morgan fingerprint density at radius 1 is 1.38 bits per heavy atom. The Kier molecular flexibility index (Phi) is 5.66. The van der Waals surface area contributed by atoms with Gasteiger partial charge in [-0.25, -0.2) is 12.8 Å². The largest absolute Gasteiger partial charge is 0.494 e. The summed E-state index contributed by atoms with van der Waals surface area (Å²) in [5.74, 6) is 0.394. The summed E-state index contributed by atoms with van der Waals surface area (Å²) in [5.41, 5.74) is 0.902. The zero-order valence-electron chi connectivity index (χ0n) is 15.7. The van der Waals surface area contributed by atoms with E-state index in [1.165, 1.54) is 23.5 Å². The maximum Gasteiger partial charge on any atom is 0.243 e. The molecule has 3 heterocycles. The number of halogens is 1. The Bertz CT molecular complexity index is 1080. The molecule has 29 heavy (non-hydrogen) atoms. The van der Waals surface area contributed by atoms with Crippen LogP contribution in [-0.4, -0.2) is 43.1 Å². The third-order valence-corrected chi connectivity index (χ3v) is 7.50. The summed E-state index contributed by atoms with van der Waals surface area (Å²) < 4.78 is 51.5. The molecule has 0 bridgehead atoms. The summed E-state index contributed by atoms with van der Waals surface area (Å²) >= 11 is 1.55. The van der Waals surface area contributed by atoms with E-state index in [4.69, 9.17) is 9.26 Å². The minimum atomic E-state index is -3.79. The first-order valence-corrected chi connectivity index (χ1v) is 11.5. The molecule has 0 saturated carbocycles. The second-order valence-electron chi connectivity index (χ2n) is 6.90. The van der Waals surface area contributed by atoms with Crippen molar-refractivity contribution in [3.63, 3.8) is 0 Å². The number of methoxy groups -OCH3 is 1. The van der Waals surface area contributed by atoms with Crippen LogP contribution in [0.25, 0.3) is 11.4 Å². The number of thiophene rings is 1. The van der Waals surface area contributed by atoms with E-state index < -0.39 is 15.8 Å². The van der Waals surface area contributed by atoms with Gasteiger partial charge in [0.15, 0.2) is 11.6 Å². The lowest BCUT2D eigenvalue weighted by atomic mass is 9.96. The van der Waals surface area contributed by atoms with Crippen LogP contribution in [0.3, 0.4) is 0 Å². The van der Waals surface area contributed by atoms with Crippen molar-refractivity contribution in [2.75, 3.05) is 20.2 Å². The second kappa shape index (κ2) is 8.21. The Balaban J connectivity index is 1.47. The molecule has 10 heteroatoms. The molecule has 1 aromatic carbocycles. The number of nitrogens with zero attached hydrogens (tertiary/aromatic N) is 3. The summed E-state index contributed by atoms with van der Waals surface area (Å²) in [6.07, 6.45) is 2.08. The van der Waals surface area contributed by atoms with E-state index in [1.807, 2.05) is 16.8 Å². The smallest absolute Gasteiger partial charge is 0.243 e. The van der Waals surface area contributed by atoms with Crippen LogP contribution >= 0.6 is 11.3 Å². The molecule has 0 N–H and O–H groups in total. The van der Waals surface area contributed by atoms with Crippen molar-refractivity contribution in [1.29, 1.82) is 0 Å². The first kappa shape index (κ1) is 20.0. The fraction of sp³-hybridized carbons (Fsp3) is 0.368. The minimum Gasteiger partial charge on any atom is -0.494 e. The molecule has 4 rings (SSSR count). The van der Waals surface area contributed by atoms with Crippen LogP contribution < -0.4 is 4.74 Å². The number of benzene rings is 1. The van der Waals surface area contributed by atoms with Gasteiger partial charge in [-0.1, -0.05) is 5.16 Å². The van der Waals surface area contributed by atoms with E-state index in [2.05, 4.69) is 10.1 Å². The Morgan fingerprint density at radius 3 is 2.97 bits per heavy atom. The quantitative estimate of drug-likeness (QED) is 0.586. The Hall–Kier alpha value is -2.30. The molecule has 1 unspecified atom stereocenters. The van der Waals surface area contributed by atoms with Gasteiger partial charge < -0.3 is 9.26 Å². The van der Waals surface area contributed by atoms with Crippen molar-refractivity contribution in [3.05, 3.63) is 46.7 Å². The monoisotopic (exact) mass is 437 g/mol. The van der Waals surface area contributed by atoms with Gasteiger partial charge in [0.2, 0.25) is 21.7 Å². The molecular formula is C19H20FN3O4S2. The molecule has 1 aliphatic rings. The van der Waals surface area contributed by atoms with Gasteiger partial charge in [0.25, 0.3) is 0 Å². The van der Waals surface area contributed by atoms with E-state index in [-0.39, 0.29) is 16.6 Å². The van der Waals surface area contributed by atoms with Crippen LogP contribution in [0.4, 0.5) is 4.39 Å². The van der Waals surface area contributed by atoms with Gasteiger partial charge in [-0.15, -0.1) is 0 Å².